The van der Waals surface area contributed by atoms with E-state index in [0.29, 0.717) is 0 Å². The molecule has 0 spiro atoms. The van der Waals surface area contributed by atoms with Gasteiger partial charge in [0, 0.05) is 23.0 Å². The fourth-order valence-electron chi connectivity index (χ4n) is 4.82. The van der Waals surface area contributed by atoms with E-state index in [1.54, 1.807) is 45.0 Å². The van der Waals surface area contributed by atoms with Crippen LogP contribution in [-0.2, 0) is 11.3 Å². The molecule has 2 heterocycles. The first-order valence-electron chi connectivity index (χ1n) is 14.1. The topological polar surface area (TPSA) is 87.5 Å². The van der Waals surface area contributed by atoms with E-state index in [-0.39, 0.29) is 46.0 Å². The number of halogens is 6. The van der Waals surface area contributed by atoms with Crippen LogP contribution in [-0.4, -0.2) is 39.0 Å². The van der Waals surface area contributed by atoms with Crippen molar-refractivity contribution >= 4 is 22.8 Å². The zero-order valence-corrected chi connectivity index (χ0v) is 25.5. The van der Waals surface area contributed by atoms with Crippen molar-refractivity contribution in [1.29, 1.82) is 0 Å². The second-order valence-electron chi connectivity index (χ2n) is 11.4. The minimum Gasteiger partial charge on any atom is -0.486 e. The lowest BCUT2D eigenvalue weighted by atomic mass is 10.1. The second kappa shape index (κ2) is 12.9. The average molecular weight is 659 g/mol. The molecule has 0 saturated carbocycles. The number of ether oxygens (including phenoxy) is 3. The number of nitrogens with one attached hydrogen (secondary N) is 1. The molecule has 8 nitrogen and oxygen atoms in total. The number of carbonyl (C=O) groups is 1. The Hall–Kier alpha value is -5.27. The van der Waals surface area contributed by atoms with E-state index in [1.807, 2.05) is 6.07 Å². The van der Waals surface area contributed by atoms with Gasteiger partial charge < -0.3 is 18.8 Å². The Labute approximate surface area is 264 Å². The van der Waals surface area contributed by atoms with Crippen molar-refractivity contribution in [1.82, 2.24) is 14.5 Å². The third-order valence-corrected chi connectivity index (χ3v) is 6.65. The van der Waals surface area contributed by atoms with Gasteiger partial charge in [0.25, 0.3) is 0 Å². The highest BCUT2D eigenvalue weighted by molar-refractivity contribution is 5.94. The minimum atomic E-state index is -4.74. The number of amides is 1. The van der Waals surface area contributed by atoms with Crippen LogP contribution in [0.25, 0.3) is 28.0 Å². The van der Waals surface area contributed by atoms with Crippen LogP contribution in [0, 0.1) is 24.4 Å². The smallest absolute Gasteiger partial charge is 0.422 e. The SMILES string of the molecule is Cc1c(-c2c(F)cc(NC(=O)OC(C)(C)C)cc2F)n(-c2ccc(OCc3ccccc3)c(F)c2)c2c(OCC(F)(F)F)ncnc12. The first-order chi connectivity index (χ1) is 22.1. The lowest BCUT2D eigenvalue weighted by Gasteiger charge is -2.20. The Morgan fingerprint density at radius 1 is 0.894 bits per heavy atom. The number of alkyl halides is 3. The highest BCUT2D eigenvalue weighted by atomic mass is 19.4. The van der Waals surface area contributed by atoms with Gasteiger partial charge in [-0.25, -0.2) is 22.9 Å². The van der Waals surface area contributed by atoms with Crippen molar-refractivity contribution in [3.8, 4) is 28.6 Å². The summed E-state index contributed by atoms with van der Waals surface area (Å²) in [6, 6.07) is 14.3. The third kappa shape index (κ3) is 7.59. The number of carbonyl (C=O) groups excluding carboxylic acids is 1. The van der Waals surface area contributed by atoms with Crippen molar-refractivity contribution < 1.29 is 45.3 Å². The molecule has 5 aromatic rings. The fraction of sp³-hybridized carbons (Fsp3) is 0.242. The van der Waals surface area contributed by atoms with Crippen LogP contribution >= 0.6 is 0 Å². The van der Waals surface area contributed by atoms with Gasteiger partial charge in [-0.1, -0.05) is 30.3 Å². The summed E-state index contributed by atoms with van der Waals surface area (Å²) in [5.41, 5.74) is -1.37. The largest absolute Gasteiger partial charge is 0.486 e. The van der Waals surface area contributed by atoms with E-state index in [1.165, 1.54) is 19.1 Å². The maximum atomic E-state index is 15.8. The molecule has 0 aliphatic rings. The number of fused-ring (bicyclic) bond motifs is 1. The lowest BCUT2D eigenvalue weighted by molar-refractivity contribution is -0.153. The van der Waals surface area contributed by atoms with Gasteiger partial charge in [-0.3, -0.25) is 5.32 Å². The van der Waals surface area contributed by atoms with Crippen LogP contribution in [0.1, 0.15) is 31.9 Å². The van der Waals surface area contributed by atoms with Gasteiger partial charge in [-0.2, -0.15) is 18.2 Å². The number of rotatable bonds is 8. The summed E-state index contributed by atoms with van der Waals surface area (Å²) in [5, 5.41) is 2.26. The van der Waals surface area contributed by atoms with Crippen molar-refractivity contribution in [3.63, 3.8) is 0 Å². The molecule has 2 aromatic heterocycles. The fourth-order valence-corrected chi connectivity index (χ4v) is 4.82. The van der Waals surface area contributed by atoms with Gasteiger partial charge in [0.05, 0.1) is 16.8 Å². The summed E-state index contributed by atoms with van der Waals surface area (Å²) in [4.78, 5) is 20.2. The van der Waals surface area contributed by atoms with Crippen LogP contribution in [0.15, 0.2) is 67.0 Å². The molecule has 0 bridgehead atoms. The molecule has 47 heavy (non-hydrogen) atoms. The molecule has 0 unspecified atom stereocenters. The zero-order valence-electron chi connectivity index (χ0n) is 25.5. The summed E-state index contributed by atoms with van der Waals surface area (Å²) < 4.78 is 103. The maximum absolute atomic E-state index is 15.8. The number of nitrogens with zero attached hydrogens (tertiary/aromatic N) is 3. The molecule has 1 amide bonds. The molecule has 1 N–H and O–H groups in total. The summed E-state index contributed by atoms with van der Waals surface area (Å²) >= 11 is 0. The molecule has 0 fully saturated rings. The molecule has 0 saturated heterocycles. The Bertz CT molecular complexity index is 1920. The molecule has 0 radical (unpaired) electrons. The quantitative estimate of drug-likeness (QED) is 0.168. The molecule has 0 aliphatic heterocycles. The molecule has 246 valence electrons. The first kappa shape index (κ1) is 33.1. The first-order valence-corrected chi connectivity index (χ1v) is 14.1. The standard InChI is InChI=1S/C33H28F6N4O4/c1-18-27-29(30(41-17-40-27)46-16-33(37,38)39)43(21-10-11-25(22(34)14-21)45-15-19-8-6-5-7-9-19)28(18)26-23(35)12-20(13-24(26)36)42-31(44)47-32(2,3)4/h5-14,17H,15-16H2,1-4H3,(H,42,44). The van der Waals surface area contributed by atoms with Crippen LogP contribution < -0.4 is 14.8 Å². The normalized spacial score (nSPS) is 11.9. The van der Waals surface area contributed by atoms with Crippen molar-refractivity contribution in [2.75, 3.05) is 11.9 Å². The van der Waals surface area contributed by atoms with E-state index in [4.69, 9.17) is 14.2 Å². The zero-order chi connectivity index (χ0) is 34.1. The predicted octanol–water partition coefficient (Wildman–Crippen LogP) is 8.68. The van der Waals surface area contributed by atoms with Crippen molar-refractivity contribution in [3.05, 3.63) is 95.6 Å². The monoisotopic (exact) mass is 658 g/mol. The van der Waals surface area contributed by atoms with Crippen molar-refractivity contribution in [2.24, 2.45) is 0 Å². The summed E-state index contributed by atoms with van der Waals surface area (Å²) in [6.45, 7) is 4.58. The molecule has 3 aromatic carbocycles. The van der Waals surface area contributed by atoms with Gasteiger partial charge in [0.2, 0.25) is 5.88 Å². The van der Waals surface area contributed by atoms with Crippen LogP contribution in [0.4, 0.5) is 36.8 Å². The molecule has 0 aliphatic carbocycles. The highest BCUT2D eigenvalue weighted by Gasteiger charge is 2.32. The van der Waals surface area contributed by atoms with Crippen LogP contribution in [0.3, 0.4) is 0 Å². The van der Waals surface area contributed by atoms with Crippen molar-refractivity contribution in [2.45, 2.75) is 46.1 Å². The third-order valence-electron chi connectivity index (χ3n) is 6.65. The van der Waals surface area contributed by atoms with E-state index >= 15 is 13.2 Å². The number of hydrogen-bond donors (Lipinski definition) is 1. The lowest BCUT2D eigenvalue weighted by Crippen LogP contribution is -2.27. The van der Waals surface area contributed by atoms with E-state index in [9.17, 15) is 18.0 Å². The van der Waals surface area contributed by atoms with Gasteiger partial charge in [0.15, 0.2) is 18.2 Å². The molecule has 5 rings (SSSR count). The van der Waals surface area contributed by atoms with E-state index in [2.05, 4.69) is 15.3 Å². The Morgan fingerprint density at radius 3 is 2.19 bits per heavy atom. The Kier molecular flexibility index (Phi) is 9.05. The summed E-state index contributed by atoms with van der Waals surface area (Å²) in [5.74, 6) is -3.88. The number of anilines is 1. The average Bonchev–Trinajstić information content (AvgIpc) is 3.26. The van der Waals surface area contributed by atoms with Crippen LogP contribution in [0.2, 0.25) is 0 Å². The summed E-state index contributed by atoms with van der Waals surface area (Å²) in [7, 11) is 0. The number of hydrogen-bond acceptors (Lipinski definition) is 6. The predicted molar refractivity (Wildman–Crippen MR) is 161 cm³/mol. The maximum Gasteiger partial charge on any atom is 0.422 e. The van der Waals surface area contributed by atoms with Crippen LogP contribution in [0.5, 0.6) is 11.6 Å². The highest BCUT2D eigenvalue weighted by Crippen LogP contribution is 2.41. The second-order valence-corrected chi connectivity index (χ2v) is 11.4. The molecular weight excluding hydrogens is 630 g/mol. The minimum absolute atomic E-state index is 0.00765. The number of benzene rings is 3. The molecular formula is C33H28F6N4O4. The number of aromatic nitrogens is 3. The Morgan fingerprint density at radius 2 is 1.57 bits per heavy atom. The van der Waals surface area contributed by atoms with Gasteiger partial charge in [-0.05, 0) is 57.5 Å². The molecule has 0 atom stereocenters. The van der Waals surface area contributed by atoms with Gasteiger partial charge >= 0.3 is 12.3 Å². The van der Waals surface area contributed by atoms with Gasteiger partial charge in [0.1, 0.15) is 35.7 Å². The van der Waals surface area contributed by atoms with E-state index in [0.717, 1.165) is 34.7 Å². The molecule has 14 heteroatoms. The van der Waals surface area contributed by atoms with E-state index < -0.39 is 53.4 Å². The van der Waals surface area contributed by atoms with Gasteiger partial charge in [-0.15, -0.1) is 0 Å². The Balaban J connectivity index is 1.65. The number of aryl methyl sites for hydroxylation is 1. The summed E-state index contributed by atoms with van der Waals surface area (Å²) in [6.07, 6.45) is -4.76.